The molecule has 1 aromatic heterocycles. The maximum absolute atomic E-state index is 8.81. The van der Waals surface area contributed by atoms with Gasteiger partial charge in [0.1, 0.15) is 10.1 Å². The van der Waals surface area contributed by atoms with E-state index in [1.807, 2.05) is 0 Å². The van der Waals surface area contributed by atoms with Gasteiger partial charge in [-0.25, -0.2) is 0 Å². The van der Waals surface area contributed by atoms with Crippen LogP contribution in [-0.2, 0) is 0 Å². The van der Waals surface area contributed by atoms with E-state index in [9.17, 15) is 0 Å². The van der Waals surface area contributed by atoms with Crippen molar-refractivity contribution in [2.24, 2.45) is 0 Å². The third kappa shape index (κ3) is 1.27. The first kappa shape index (κ1) is 6.64. The number of halogens is 2. The SMILES string of the molecule is Oc1cc(I)sc1Cl. The minimum absolute atomic E-state index is 0.182. The fourth-order valence-electron chi connectivity index (χ4n) is 0.332. The van der Waals surface area contributed by atoms with Gasteiger partial charge in [-0.3, -0.25) is 0 Å². The highest BCUT2D eigenvalue weighted by Gasteiger charge is 2.00. The van der Waals surface area contributed by atoms with Crippen molar-refractivity contribution in [2.45, 2.75) is 0 Å². The van der Waals surface area contributed by atoms with Crippen LogP contribution in [0.5, 0.6) is 5.75 Å². The zero-order valence-corrected chi connectivity index (χ0v) is 7.42. The monoisotopic (exact) mass is 260 g/mol. The average molecular weight is 260 g/mol. The molecule has 1 heterocycles. The molecule has 0 aromatic carbocycles. The van der Waals surface area contributed by atoms with Crippen molar-refractivity contribution in [1.82, 2.24) is 0 Å². The van der Waals surface area contributed by atoms with Crippen LogP contribution in [0.3, 0.4) is 0 Å². The van der Waals surface area contributed by atoms with E-state index >= 15 is 0 Å². The molecule has 1 aromatic rings. The van der Waals surface area contributed by atoms with E-state index in [-0.39, 0.29) is 5.75 Å². The van der Waals surface area contributed by atoms with Crippen molar-refractivity contribution in [3.8, 4) is 5.75 Å². The molecule has 0 unspecified atom stereocenters. The number of thiophene rings is 1. The first-order valence-corrected chi connectivity index (χ1v) is 4.11. The number of aromatic hydroxyl groups is 1. The molecule has 0 aliphatic rings. The van der Waals surface area contributed by atoms with Gasteiger partial charge in [0.05, 0.1) is 2.88 Å². The number of hydrogen-bond donors (Lipinski definition) is 1. The molecule has 0 radical (unpaired) electrons. The van der Waals surface area contributed by atoms with E-state index in [0.29, 0.717) is 4.34 Å². The topological polar surface area (TPSA) is 20.2 Å². The second-order valence-corrected chi connectivity index (χ2v) is 4.76. The summed E-state index contributed by atoms with van der Waals surface area (Å²) in [7, 11) is 0. The van der Waals surface area contributed by atoms with Crippen molar-refractivity contribution in [3.05, 3.63) is 13.3 Å². The Kier molecular flexibility index (Phi) is 2.00. The van der Waals surface area contributed by atoms with Crippen LogP contribution in [0, 0.1) is 2.88 Å². The van der Waals surface area contributed by atoms with E-state index in [0.717, 1.165) is 2.88 Å². The molecular weight excluding hydrogens is 258 g/mol. The van der Waals surface area contributed by atoms with Gasteiger partial charge in [0.25, 0.3) is 0 Å². The lowest BCUT2D eigenvalue weighted by atomic mass is 10.6. The molecule has 0 atom stereocenters. The highest BCUT2D eigenvalue weighted by molar-refractivity contribution is 14.1. The average Bonchev–Trinajstić information content (AvgIpc) is 1.85. The van der Waals surface area contributed by atoms with E-state index in [1.165, 1.54) is 11.3 Å². The van der Waals surface area contributed by atoms with Gasteiger partial charge in [-0.15, -0.1) is 11.3 Å². The number of rotatable bonds is 0. The van der Waals surface area contributed by atoms with Crippen LogP contribution in [-0.4, -0.2) is 5.11 Å². The van der Waals surface area contributed by atoms with Gasteiger partial charge in [0.15, 0.2) is 0 Å². The van der Waals surface area contributed by atoms with E-state index in [1.54, 1.807) is 6.07 Å². The molecule has 8 heavy (non-hydrogen) atoms. The molecule has 1 rings (SSSR count). The quantitative estimate of drug-likeness (QED) is 0.711. The lowest BCUT2D eigenvalue weighted by Crippen LogP contribution is -1.48. The van der Waals surface area contributed by atoms with Gasteiger partial charge in [-0.05, 0) is 22.6 Å². The highest BCUT2D eigenvalue weighted by atomic mass is 127. The van der Waals surface area contributed by atoms with Crippen LogP contribution >= 0.6 is 45.5 Å². The van der Waals surface area contributed by atoms with Gasteiger partial charge in [0.2, 0.25) is 0 Å². The predicted octanol–water partition coefficient (Wildman–Crippen LogP) is 2.71. The third-order valence-corrected chi connectivity index (χ3v) is 2.74. The molecule has 1 N–H and O–H groups in total. The van der Waals surface area contributed by atoms with Gasteiger partial charge in [-0.1, -0.05) is 11.6 Å². The molecular formula is C4H2ClIOS. The highest BCUT2D eigenvalue weighted by Crippen LogP contribution is 2.33. The van der Waals surface area contributed by atoms with Gasteiger partial charge in [0, 0.05) is 6.07 Å². The Morgan fingerprint density at radius 1 is 1.75 bits per heavy atom. The summed E-state index contributed by atoms with van der Waals surface area (Å²) in [5, 5.41) is 8.81. The minimum Gasteiger partial charge on any atom is -0.505 e. The van der Waals surface area contributed by atoms with Crippen LogP contribution < -0.4 is 0 Å². The summed E-state index contributed by atoms with van der Waals surface area (Å²) in [6.45, 7) is 0. The zero-order valence-electron chi connectivity index (χ0n) is 3.69. The molecule has 0 aliphatic heterocycles. The summed E-state index contributed by atoms with van der Waals surface area (Å²) in [5.74, 6) is 0.182. The molecule has 0 bridgehead atoms. The summed E-state index contributed by atoms with van der Waals surface area (Å²) in [4.78, 5) is 0. The summed E-state index contributed by atoms with van der Waals surface area (Å²) in [5.41, 5.74) is 0. The Balaban J connectivity index is 3.14. The maximum Gasteiger partial charge on any atom is 0.146 e. The molecule has 1 nitrogen and oxygen atoms in total. The summed E-state index contributed by atoms with van der Waals surface area (Å²) in [6, 6.07) is 1.63. The van der Waals surface area contributed by atoms with Crippen LogP contribution in [0.1, 0.15) is 0 Å². The van der Waals surface area contributed by atoms with Crippen LogP contribution in [0.2, 0.25) is 4.34 Å². The van der Waals surface area contributed by atoms with Crippen LogP contribution in [0.4, 0.5) is 0 Å². The Bertz CT molecular complexity index is 178. The Morgan fingerprint density at radius 2 is 2.38 bits per heavy atom. The molecule has 4 heteroatoms. The first-order valence-electron chi connectivity index (χ1n) is 1.84. The second kappa shape index (κ2) is 2.41. The molecule has 44 valence electrons. The molecule has 0 aliphatic carbocycles. The molecule has 0 spiro atoms. The van der Waals surface area contributed by atoms with Gasteiger partial charge >= 0.3 is 0 Å². The largest absolute Gasteiger partial charge is 0.505 e. The van der Waals surface area contributed by atoms with Crippen LogP contribution in [0.25, 0.3) is 0 Å². The zero-order chi connectivity index (χ0) is 6.15. The van der Waals surface area contributed by atoms with Gasteiger partial charge < -0.3 is 5.11 Å². The van der Waals surface area contributed by atoms with E-state index in [2.05, 4.69) is 22.6 Å². The van der Waals surface area contributed by atoms with Crippen molar-refractivity contribution in [1.29, 1.82) is 0 Å². The maximum atomic E-state index is 8.81. The van der Waals surface area contributed by atoms with Crippen molar-refractivity contribution >= 4 is 45.5 Å². The molecule has 0 saturated heterocycles. The Hall–Kier alpha value is 0.520. The normalized spacial score (nSPS) is 9.75. The lowest BCUT2D eigenvalue weighted by molar-refractivity contribution is 0.478. The third-order valence-electron chi connectivity index (χ3n) is 0.639. The summed E-state index contributed by atoms with van der Waals surface area (Å²) < 4.78 is 1.47. The van der Waals surface area contributed by atoms with E-state index in [4.69, 9.17) is 16.7 Å². The smallest absolute Gasteiger partial charge is 0.146 e. The second-order valence-electron chi connectivity index (χ2n) is 1.21. The lowest BCUT2D eigenvalue weighted by Gasteiger charge is -1.76. The molecule has 0 amide bonds. The summed E-state index contributed by atoms with van der Waals surface area (Å²) in [6.07, 6.45) is 0. The fraction of sp³-hybridized carbons (Fsp3) is 0. The number of hydrogen-bond acceptors (Lipinski definition) is 2. The molecule has 0 saturated carbocycles. The fourth-order valence-corrected chi connectivity index (χ4v) is 2.49. The van der Waals surface area contributed by atoms with Gasteiger partial charge in [-0.2, -0.15) is 0 Å². The van der Waals surface area contributed by atoms with Crippen LogP contribution in [0.15, 0.2) is 6.07 Å². The standard InChI is InChI=1S/C4H2ClIOS/c5-4-2(7)1-3(6)8-4/h1,7H. The minimum atomic E-state index is 0.182. The van der Waals surface area contributed by atoms with E-state index < -0.39 is 0 Å². The molecule has 0 fully saturated rings. The Labute approximate surface area is 69.4 Å². The van der Waals surface area contributed by atoms with Crippen molar-refractivity contribution < 1.29 is 5.11 Å². The summed E-state index contributed by atoms with van der Waals surface area (Å²) >= 11 is 8.96. The predicted molar refractivity (Wildman–Crippen MR) is 43.7 cm³/mol. The van der Waals surface area contributed by atoms with Crippen molar-refractivity contribution in [2.75, 3.05) is 0 Å². The Morgan fingerprint density at radius 3 is 2.50 bits per heavy atom. The van der Waals surface area contributed by atoms with Crippen molar-refractivity contribution in [3.63, 3.8) is 0 Å². The first-order chi connectivity index (χ1) is 3.70.